The molecule has 1 saturated heterocycles. The average molecular weight is 235 g/mol. The third-order valence-corrected chi connectivity index (χ3v) is 3.45. The van der Waals surface area contributed by atoms with E-state index in [0.29, 0.717) is 25.2 Å². The van der Waals surface area contributed by atoms with Crippen LogP contribution in [0.5, 0.6) is 11.5 Å². The second-order valence-corrected chi connectivity index (χ2v) is 4.65. The molecule has 0 saturated carbocycles. The molecular weight excluding hydrogens is 218 g/mol. The van der Waals surface area contributed by atoms with E-state index in [4.69, 9.17) is 14.6 Å². The SMILES string of the molecule is OCC1CNC(c2ccc3c(c2)OCCO3)C1. The first-order chi connectivity index (χ1) is 8.36. The lowest BCUT2D eigenvalue weighted by molar-refractivity contribution is 0.171. The highest BCUT2D eigenvalue weighted by atomic mass is 16.6. The number of ether oxygens (including phenoxy) is 2. The van der Waals surface area contributed by atoms with Gasteiger partial charge < -0.3 is 19.9 Å². The largest absolute Gasteiger partial charge is 0.486 e. The second-order valence-electron chi connectivity index (χ2n) is 4.65. The summed E-state index contributed by atoms with van der Waals surface area (Å²) in [6.07, 6.45) is 0.982. The summed E-state index contributed by atoms with van der Waals surface area (Å²) < 4.78 is 11.1. The van der Waals surface area contributed by atoms with Gasteiger partial charge in [-0.2, -0.15) is 0 Å². The Morgan fingerprint density at radius 3 is 2.82 bits per heavy atom. The van der Waals surface area contributed by atoms with Crippen LogP contribution in [0.25, 0.3) is 0 Å². The smallest absolute Gasteiger partial charge is 0.161 e. The molecule has 0 bridgehead atoms. The first kappa shape index (κ1) is 10.9. The van der Waals surface area contributed by atoms with Gasteiger partial charge in [-0.15, -0.1) is 0 Å². The zero-order chi connectivity index (χ0) is 11.7. The van der Waals surface area contributed by atoms with Gasteiger partial charge in [0.25, 0.3) is 0 Å². The van der Waals surface area contributed by atoms with Gasteiger partial charge in [0.2, 0.25) is 0 Å². The van der Waals surface area contributed by atoms with Crippen molar-refractivity contribution < 1.29 is 14.6 Å². The molecule has 1 fully saturated rings. The molecule has 4 nitrogen and oxygen atoms in total. The summed E-state index contributed by atoms with van der Waals surface area (Å²) in [6, 6.07) is 6.41. The van der Waals surface area contributed by atoms with Crippen molar-refractivity contribution in [1.82, 2.24) is 5.32 Å². The van der Waals surface area contributed by atoms with Crippen LogP contribution >= 0.6 is 0 Å². The minimum atomic E-state index is 0.258. The van der Waals surface area contributed by atoms with E-state index in [0.717, 1.165) is 24.5 Å². The van der Waals surface area contributed by atoms with Gasteiger partial charge in [-0.3, -0.25) is 0 Å². The number of aliphatic hydroxyl groups is 1. The number of hydrogen-bond donors (Lipinski definition) is 2. The van der Waals surface area contributed by atoms with Crippen LogP contribution in [-0.2, 0) is 0 Å². The van der Waals surface area contributed by atoms with Gasteiger partial charge in [-0.05, 0) is 30.0 Å². The van der Waals surface area contributed by atoms with Gasteiger partial charge in [0.15, 0.2) is 11.5 Å². The molecule has 2 unspecified atom stereocenters. The zero-order valence-corrected chi connectivity index (χ0v) is 9.69. The second kappa shape index (κ2) is 4.55. The molecule has 1 aromatic rings. The quantitative estimate of drug-likeness (QED) is 0.806. The van der Waals surface area contributed by atoms with Crippen molar-refractivity contribution in [3.63, 3.8) is 0 Å². The Morgan fingerprint density at radius 1 is 1.24 bits per heavy atom. The van der Waals surface area contributed by atoms with E-state index in [1.165, 1.54) is 5.56 Å². The molecule has 2 aliphatic rings. The van der Waals surface area contributed by atoms with E-state index in [2.05, 4.69) is 11.4 Å². The summed E-state index contributed by atoms with van der Waals surface area (Å²) >= 11 is 0. The lowest BCUT2D eigenvalue weighted by Gasteiger charge is -2.20. The molecule has 0 amide bonds. The molecule has 2 heterocycles. The maximum atomic E-state index is 9.14. The molecule has 17 heavy (non-hydrogen) atoms. The molecule has 2 N–H and O–H groups in total. The maximum absolute atomic E-state index is 9.14. The van der Waals surface area contributed by atoms with Crippen LogP contribution in [0.15, 0.2) is 18.2 Å². The van der Waals surface area contributed by atoms with E-state index in [-0.39, 0.29) is 6.61 Å². The zero-order valence-electron chi connectivity index (χ0n) is 9.69. The van der Waals surface area contributed by atoms with Crippen molar-refractivity contribution in [1.29, 1.82) is 0 Å². The highest BCUT2D eigenvalue weighted by Crippen LogP contribution is 2.35. The Bertz CT molecular complexity index is 408. The minimum absolute atomic E-state index is 0.258. The Labute approximate surface area is 101 Å². The molecule has 92 valence electrons. The third kappa shape index (κ3) is 2.10. The van der Waals surface area contributed by atoms with Crippen LogP contribution in [0, 0.1) is 5.92 Å². The van der Waals surface area contributed by atoms with Crippen molar-refractivity contribution in [2.24, 2.45) is 5.92 Å². The van der Waals surface area contributed by atoms with E-state index < -0.39 is 0 Å². The third-order valence-electron chi connectivity index (χ3n) is 3.45. The van der Waals surface area contributed by atoms with Crippen LogP contribution in [0.1, 0.15) is 18.0 Å². The van der Waals surface area contributed by atoms with Crippen LogP contribution in [0.4, 0.5) is 0 Å². The van der Waals surface area contributed by atoms with Gasteiger partial charge >= 0.3 is 0 Å². The molecule has 3 rings (SSSR count). The summed E-state index contributed by atoms with van der Waals surface area (Å²) in [4.78, 5) is 0. The molecule has 0 radical (unpaired) electrons. The van der Waals surface area contributed by atoms with E-state index >= 15 is 0 Å². The highest BCUT2D eigenvalue weighted by molar-refractivity contribution is 5.44. The fourth-order valence-electron chi connectivity index (χ4n) is 2.48. The molecule has 0 aromatic heterocycles. The summed E-state index contributed by atoms with van der Waals surface area (Å²) in [5, 5.41) is 12.6. The highest BCUT2D eigenvalue weighted by Gasteiger charge is 2.25. The van der Waals surface area contributed by atoms with Crippen molar-refractivity contribution in [2.75, 3.05) is 26.4 Å². The predicted octanol–water partition coefficient (Wildman–Crippen LogP) is 1.10. The Balaban J connectivity index is 1.79. The monoisotopic (exact) mass is 235 g/mol. The van der Waals surface area contributed by atoms with Gasteiger partial charge in [0.1, 0.15) is 13.2 Å². The lowest BCUT2D eigenvalue weighted by Crippen LogP contribution is -2.17. The van der Waals surface area contributed by atoms with Crippen molar-refractivity contribution in [2.45, 2.75) is 12.5 Å². The Morgan fingerprint density at radius 2 is 2.06 bits per heavy atom. The predicted molar refractivity (Wildman–Crippen MR) is 63.4 cm³/mol. The van der Waals surface area contributed by atoms with Gasteiger partial charge in [-0.25, -0.2) is 0 Å². The van der Waals surface area contributed by atoms with Gasteiger partial charge in [0.05, 0.1) is 0 Å². The fourth-order valence-corrected chi connectivity index (χ4v) is 2.48. The summed E-state index contributed by atoms with van der Waals surface area (Å²) in [5.74, 6) is 2.04. The summed E-state index contributed by atoms with van der Waals surface area (Å²) in [5.41, 5.74) is 1.21. The number of aliphatic hydroxyl groups excluding tert-OH is 1. The van der Waals surface area contributed by atoms with Crippen LogP contribution in [0.3, 0.4) is 0 Å². The first-order valence-electron chi connectivity index (χ1n) is 6.10. The van der Waals surface area contributed by atoms with Crippen molar-refractivity contribution in [3.8, 4) is 11.5 Å². The molecule has 2 aliphatic heterocycles. The van der Waals surface area contributed by atoms with Gasteiger partial charge in [-0.1, -0.05) is 6.07 Å². The number of nitrogens with one attached hydrogen (secondary N) is 1. The van der Waals surface area contributed by atoms with Crippen molar-refractivity contribution >= 4 is 0 Å². The minimum Gasteiger partial charge on any atom is -0.486 e. The number of benzene rings is 1. The van der Waals surface area contributed by atoms with Crippen molar-refractivity contribution in [3.05, 3.63) is 23.8 Å². The molecule has 0 aliphatic carbocycles. The summed E-state index contributed by atoms with van der Waals surface area (Å²) in [6.45, 7) is 2.39. The fraction of sp³-hybridized carbons (Fsp3) is 0.538. The van der Waals surface area contributed by atoms with Crippen LogP contribution in [0.2, 0.25) is 0 Å². The molecule has 2 atom stereocenters. The maximum Gasteiger partial charge on any atom is 0.161 e. The van der Waals surface area contributed by atoms with Gasteiger partial charge in [0, 0.05) is 19.2 Å². The summed E-state index contributed by atoms with van der Waals surface area (Å²) in [7, 11) is 0. The van der Waals surface area contributed by atoms with Crippen LogP contribution in [-0.4, -0.2) is 31.5 Å². The normalized spacial score (nSPS) is 27.1. The van der Waals surface area contributed by atoms with Crippen LogP contribution < -0.4 is 14.8 Å². The topological polar surface area (TPSA) is 50.7 Å². The molecule has 0 spiro atoms. The van der Waals surface area contributed by atoms with E-state index in [9.17, 15) is 0 Å². The molecular formula is C13H17NO3. The number of fused-ring (bicyclic) bond motifs is 1. The number of hydrogen-bond acceptors (Lipinski definition) is 4. The Kier molecular flexibility index (Phi) is 2.91. The van der Waals surface area contributed by atoms with E-state index in [1.54, 1.807) is 0 Å². The standard InChI is InChI=1S/C13H17NO3/c15-8-9-5-11(14-7-9)10-1-2-12-13(6-10)17-4-3-16-12/h1-2,6,9,11,14-15H,3-5,7-8H2. The average Bonchev–Trinajstić information content (AvgIpc) is 2.87. The number of rotatable bonds is 2. The molecule has 4 heteroatoms. The lowest BCUT2D eigenvalue weighted by atomic mass is 10.0. The van der Waals surface area contributed by atoms with E-state index in [1.807, 2.05) is 12.1 Å². The first-order valence-corrected chi connectivity index (χ1v) is 6.10. The Hall–Kier alpha value is -1.26. The molecule has 1 aromatic carbocycles.